The highest BCUT2D eigenvalue weighted by Crippen LogP contribution is 2.16. The quantitative estimate of drug-likeness (QED) is 0.577. The van der Waals surface area contributed by atoms with Gasteiger partial charge in [-0.15, -0.1) is 0 Å². The molecule has 3 rings (SSSR count). The first-order chi connectivity index (χ1) is 15.2. The van der Waals surface area contributed by atoms with Gasteiger partial charge in [-0.25, -0.2) is 8.42 Å². The van der Waals surface area contributed by atoms with Crippen LogP contribution in [0.25, 0.3) is 0 Å². The number of hydrogen-bond acceptors (Lipinski definition) is 5. The summed E-state index contributed by atoms with van der Waals surface area (Å²) in [5.41, 5.74) is 1.23. The summed E-state index contributed by atoms with van der Waals surface area (Å²) in [5.74, 6) is -0.611. The molecule has 2 aromatic rings. The zero-order valence-electron chi connectivity index (χ0n) is 18.3. The predicted molar refractivity (Wildman–Crippen MR) is 125 cm³/mol. The molecule has 0 radical (unpaired) electrons. The summed E-state index contributed by atoms with van der Waals surface area (Å²) < 4.78 is 33.8. The summed E-state index contributed by atoms with van der Waals surface area (Å²) in [7, 11) is -3.86. The van der Waals surface area contributed by atoms with Crippen LogP contribution in [0.15, 0.2) is 59.5 Å². The van der Waals surface area contributed by atoms with E-state index in [1.165, 1.54) is 29.8 Å². The van der Waals surface area contributed by atoms with E-state index in [0.717, 1.165) is 13.1 Å². The topological polar surface area (TPSA) is 87.7 Å². The van der Waals surface area contributed by atoms with Gasteiger partial charge in [0.25, 0.3) is 0 Å². The minimum atomic E-state index is -3.86. The zero-order chi connectivity index (χ0) is 23.1. The SMILES string of the molecule is CC(C)[C@H](NS(=O)(=O)c1ccc(Cl)cc1)C(=O)NCC1CN(Cc2ccccc2)CCO1. The van der Waals surface area contributed by atoms with Crippen molar-refractivity contribution in [3.8, 4) is 0 Å². The van der Waals surface area contributed by atoms with E-state index < -0.39 is 16.1 Å². The van der Waals surface area contributed by atoms with Gasteiger partial charge >= 0.3 is 0 Å². The summed E-state index contributed by atoms with van der Waals surface area (Å²) in [6.07, 6.45) is -0.155. The third kappa shape index (κ3) is 7.02. The van der Waals surface area contributed by atoms with Crippen molar-refractivity contribution in [1.29, 1.82) is 0 Å². The number of amides is 1. The van der Waals surface area contributed by atoms with E-state index >= 15 is 0 Å². The molecule has 0 aliphatic carbocycles. The van der Waals surface area contributed by atoms with Gasteiger partial charge in [0.05, 0.1) is 17.6 Å². The maximum absolute atomic E-state index is 12.8. The van der Waals surface area contributed by atoms with Crippen LogP contribution < -0.4 is 10.0 Å². The Kier molecular flexibility index (Phi) is 8.67. The third-order valence-electron chi connectivity index (χ3n) is 5.33. The number of carbonyl (C=O) groups excluding carboxylic acids is 1. The van der Waals surface area contributed by atoms with Crippen LogP contribution in [0.2, 0.25) is 5.02 Å². The molecule has 2 N–H and O–H groups in total. The first-order valence-electron chi connectivity index (χ1n) is 10.7. The number of carbonyl (C=O) groups is 1. The van der Waals surface area contributed by atoms with E-state index in [0.29, 0.717) is 24.7 Å². The van der Waals surface area contributed by atoms with Crippen molar-refractivity contribution in [3.63, 3.8) is 0 Å². The lowest BCUT2D eigenvalue weighted by molar-refractivity contribution is -0.124. The van der Waals surface area contributed by atoms with E-state index in [1.54, 1.807) is 13.8 Å². The molecular formula is C23H30ClN3O4S. The van der Waals surface area contributed by atoms with Crippen molar-refractivity contribution in [2.45, 2.75) is 37.4 Å². The van der Waals surface area contributed by atoms with Crippen LogP contribution in [-0.2, 0) is 26.1 Å². The monoisotopic (exact) mass is 479 g/mol. The normalized spacial score (nSPS) is 18.4. The summed E-state index contributed by atoms with van der Waals surface area (Å²) in [6, 6.07) is 15.1. The molecule has 0 bridgehead atoms. The highest BCUT2D eigenvalue weighted by molar-refractivity contribution is 7.89. The minimum absolute atomic E-state index is 0.0625. The standard InChI is InChI=1S/C23H30ClN3O4S/c1-17(2)22(26-32(29,30)21-10-8-19(24)9-11-21)23(28)25-14-20-16-27(12-13-31-20)15-18-6-4-3-5-7-18/h3-11,17,20,22,26H,12-16H2,1-2H3,(H,25,28)/t20?,22-/m0/s1. The smallest absolute Gasteiger partial charge is 0.241 e. The second kappa shape index (κ2) is 11.2. The molecular weight excluding hydrogens is 450 g/mol. The number of ether oxygens (including phenoxy) is 1. The van der Waals surface area contributed by atoms with Crippen LogP contribution in [0.5, 0.6) is 0 Å². The molecule has 1 amide bonds. The van der Waals surface area contributed by atoms with Gasteiger partial charge in [-0.2, -0.15) is 4.72 Å². The van der Waals surface area contributed by atoms with E-state index in [9.17, 15) is 13.2 Å². The molecule has 0 aromatic heterocycles. The molecule has 1 saturated heterocycles. The fraction of sp³-hybridized carbons (Fsp3) is 0.435. The number of sulfonamides is 1. The van der Waals surface area contributed by atoms with Gasteiger partial charge in [-0.1, -0.05) is 55.8 Å². The zero-order valence-corrected chi connectivity index (χ0v) is 19.9. The molecule has 7 nitrogen and oxygen atoms in total. The maximum atomic E-state index is 12.8. The fourth-order valence-electron chi connectivity index (χ4n) is 3.55. The molecule has 174 valence electrons. The summed E-state index contributed by atoms with van der Waals surface area (Å²) in [4.78, 5) is 15.2. The number of nitrogens with one attached hydrogen (secondary N) is 2. The first kappa shape index (κ1) is 24.7. The molecule has 1 aliphatic heterocycles. The number of halogens is 1. The Balaban J connectivity index is 1.56. The van der Waals surface area contributed by atoms with Gasteiger partial charge in [0, 0.05) is 31.2 Å². The van der Waals surface area contributed by atoms with Crippen molar-refractivity contribution in [1.82, 2.24) is 14.9 Å². The van der Waals surface area contributed by atoms with Crippen LogP contribution in [0.4, 0.5) is 0 Å². The molecule has 2 aromatic carbocycles. The van der Waals surface area contributed by atoms with Crippen LogP contribution in [0.3, 0.4) is 0 Å². The van der Waals surface area contributed by atoms with Gasteiger partial charge in [0.2, 0.25) is 15.9 Å². The lowest BCUT2D eigenvalue weighted by Crippen LogP contribution is -2.53. The number of benzene rings is 2. The van der Waals surface area contributed by atoms with Gasteiger partial charge in [0.1, 0.15) is 6.04 Å². The van der Waals surface area contributed by atoms with Gasteiger partial charge < -0.3 is 10.1 Å². The van der Waals surface area contributed by atoms with Crippen molar-refractivity contribution >= 4 is 27.5 Å². The van der Waals surface area contributed by atoms with E-state index in [4.69, 9.17) is 16.3 Å². The van der Waals surface area contributed by atoms with E-state index in [2.05, 4.69) is 27.1 Å². The van der Waals surface area contributed by atoms with E-state index in [-0.39, 0.29) is 22.8 Å². The molecule has 1 fully saturated rings. The molecule has 2 atom stereocenters. The average molecular weight is 480 g/mol. The Morgan fingerprint density at radius 2 is 1.84 bits per heavy atom. The molecule has 1 aliphatic rings. The number of hydrogen-bond donors (Lipinski definition) is 2. The van der Waals surface area contributed by atoms with Gasteiger partial charge in [-0.05, 0) is 35.7 Å². The van der Waals surface area contributed by atoms with Gasteiger partial charge in [0.15, 0.2) is 0 Å². The molecule has 9 heteroatoms. The minimum Gasteiger partial charge on any atom is -0.374 e. The Morgan fingerprint density at radius 3 is 2.50 bits per heavy atom. The van der Waals surface area contributed by atoms with Crippen molar-refractivity contribution in [2.75, 3.05) is 26.2 Å². The second-order valence-corrected chi connectivity index (χ2v) is 10.4. The lowest BCUT2D eigenvalue weighted by Gasteiger charge is -2.33. The van der Waals surface area contributed by atoms with E-state index in [1.807, 2.05) is 18.2 Å². The maximum Gasteiger partial charge on any atom is 0.241 e. The van der Waals surface area contributed by atoms with Gasteiger partial charge in [-0.3, -0.25) is 9.69 Å². The van der Waals surface area contributed by atoms with Crippen LogP contribution in [-0.4, -0.2) is 57.6 Å². The number of nitrogens with zero attached hydrogens (tertiary/aromatic N) is 1. The van der Waals surface area contributed by atoms with Crippen LogP contribution >= 0.6 is 11.6 Å². The molecule has 0 spiro atoms. The average Bonchev–Trinajstić information content (AvgIpc) is 2.77. The highest BCUT2D eigenvalue weighted by atomic mass is 35.5. The van der Waals surface area contributed by atoms with Crippen molar-refractivity contribution in [2.24, 2.45) is 5.92 Å². The van der Waals surface area contributed by atoms with Crippen molar-refractivity contribution < 1.29 is 17.9 Å². The van der Waals surface area contributed by atoms with Crippen LogP contribution in [0, 0.1) is 5.92 Å². The largest absolute Gasteiger partial charge is 0.374 e. The summed E-state index contributed by atoms with van der Waals surface area (Å²) in [5, 5.41) is 3.30. The highest BCUT2D eigenvalue weighted by Gasteiger charge is 2.29. The third-order valence-corrected chi connectivity index (χ3v) is 7.04. The Bertz CT molecular complexity index is 984. The molecule has 32 heavy (non-hydrogen) atoms. The predicted octanol–water partition coefficient (Wildman–Crippen LogP) is 2.66. The first-order valence-corrected chi connectivity index (χ1v) is 12.5. The Labute approximate surface area is 195 Å². The molecule has 0 saturated carbocycles. The molecule has 1 heterocycles. The van der Waals surface area contributed by atoms with Crippen molar-refractivity contribution in [3.05, 3.63) is 65.2 Å². The fourth-order valence-corrected chi connectivity index (χ4v) is 5.02. The number of rotatable bonds is 9. The second-order valence-electron chi connectivity index (χ2n) is 8.26. The number of morpholine rings is 1. The Morgan fingerprint density at radius 1 is 1.16 bits per heavy atom. The summed E-state index contributed by atoms with van der Waals surface area (Å²) in [6.45, 7) is 6.85. The van der Waals surface area contributed by atoms with Crippen LogP contribution in [0.1, 0.15) is 19.4 Å². The summed E-state index contributed by atoms with van der Waals surface area (Å²) >= 11 is 5.84. The molecule has 1 unspecified atom stereocenters. The Hall–Kier alpha value is -1.97. The lowest BCUT2D eigenvalue weighted by atomic mass is 10.0.